The fraction of sp³-hybridized carbons (Fsp3) is 0.188. The Morgan fingerprint density at radius 2 is 2.18 bits per heavy atom. The molecule has 0 bridgehead atoms. The van der Waals surface area contributed by atoms with Crippen LogP contribution < -0.4 is 0 Å². The van der Waals surface area contributed by atoms with E-state index in [0.717, 1.165) is 17.6 Å². The van der Waals surface area contributed by atoms with E-state index >= 15 is 0 Å². The van der Waals surface area contributed by atoms with Gasteiger partial charge in [0.1, 0.15) is 0 Å². The summed E-state index contributed by atoms with van der Waals surface area (Å²) < 4.78 is 0. The summed E-state index contributed by atoms with van der Waals surface area (Å²) in [4.78, 5) is 0. The zero-order valence-corrected chi connectivity index (χ0v) is 9.98. The lowest BCUT2D eigenvalue weighted by atomic mass is 9.72. The van der Waals surface area contributed by atoms with Crippen LogP contribution in [0.2, 0.25) is 0 Å². The molecule has 84 valence electrons. The van der Waals surface area contributed by atoms with Crippen LogP contribution in [0.15, 0.2) is 55.1 Å². The second kappa shape index (κ2) is 4.43. The number of benzene rings is 1. The third-order valence-corrected chi connectivity index (χ3v) is 3.27. The summed E-state index contributed by atoms with van der Waals surface area (Å²) >= 11 is 0. The van der Waals surface area contributed by atoms with E-state index < -0.39 is 0 Å². The SMILES string of the molecule is C=CCC1(C)C=C/C(=C\C#N)c2ccccc21. The summed E-state index contributed by atoms with van der Waals surface area (Å²) in [7, 11) is 0. The zero-order chi connectivity index (χ0) is 12.3. The molecule has 0 saturated heterocycles. The van der Waals surface area contributed by atoms with E-state index in [1.54, 1.807) is 6.08 Å². The molecule has 0 radical (unpaired) electrons. The van der Waals surface area contributed by atoms with Crippen molar-refractivity contribution in [1.29, 1.82) is 5.26 Å². The first-order valence-corrected chi connectivity index (χ1v) is 5.71. The second-order valence-corrected chi connectivity index (χ2v) is 4.52. The fourth-order valence-corrected chi connectivity index (χ4v) is 2.36. The molecule has 1 atom stereocenters. The largest absolute Gasteiger partial charge is 0.193 e. The first-order chi connectivity index (χ1) is 8.21. The fourth-order valence-electron chi connectivity index (χ4n) is 2.36. The molecule has 0 aliphatic heterocycles. The van der Waals surface area contributed by atoms with Crippen molar-refractivity contribution in [3.8, 4) is 6.07 Å². The minimum atomic E-state index is -0.00879. The second-order valence-electron chi connectivity index (χ2n) is 4.52. The van der Waals surface area contributed by atoms with Crippen LogP contribution in [-0.4, -0.2) is 0 Å². The van der Waals surface area contributed by atoms with E-state index in [4.69, 9.17) is 5.26 Å². The minimum Gasteiger partial charge on any atom is -0.193 e. The van der Waals surface area contributed by atoms with Gasteiger partial charge < -0.3 is 0 Å². The number of hydrogen-bond donors (Lipinski definition) is 0. The molecule has 17 heavy (non-hydrogen) atoms. The van der Waals surface area contributed by atoms with Gasteiger partial charge in [0.25, 0.3) is 0 Å². The third-order valence-electron chi connectivity index (χ3n) is 3.27. The molecule has 1 aromatic carbocycles. The van der Waals surface area contributed by atoms with Crippen molar-refractivity contribution in [3.05, 3.63) is 66.3 Å². The van der Waals surface area contributed by atoms with Crippen LogP contribution in [0.25, 0.3) is 5.57 Å². The van der Waals surface area contributed by atoms with Gasteiger partial charge in [0.15, 0.2) is 0 Å². The molecule has 1 aliphatic carbocycles. The molecule has 0 spiro atoms. The van der Waals surface area contributed by atoms with Gasteiger partial charge in [-0.15, -0.1) is 6.58 Å². The van der Waals surface area contributed by atoms with Crippen LogP contribution in [0, 0.1) is 11.3 Å². The molecule has 0 heterocycles. The van der Waals surface area contributed by atoms with Gasteiger partial charge in [0.2, 0.25) is 0 Å². The van der Waals surface area contributed by atoms with Crippen LogP contribution in [0.3, 0.4) is 0 Å². The molecular weight excluding hydrogens is 206 g/mol. The van der Waals surface area contributed by atoms with Crippen LogP contribution in [0.1, 0.15) is 24.5 Å². The van der Waals surface area contributed by atoms with Gasteiger partial charge in [0, 0.05) is 11.5 Å². The molecule has 0 N–H and O–H groups in total. The van der Waals surface area contributed by atoms with Crippen LogP contribution in [-0.2, 0) is 5.41 Å². The number of allylic oxidation sites excluding steroid dienone is 5. The van der Waals surface area contributed by atoms with Crippen LogP contribution >= 0.6 is 0 Å². The Balaban J connectivity index is 2.61. The van der Waals surface area contributed by atoms with Gasteiger partial charge in [0.05, 0.1) is 6.07 Å². The maximum absolute atomic E-state index is 8.80. The van der Waals surface area contributed by atoms with Crippen LogP contribution in [0.4, 0.5) is 0 Å². The normalized spacial score (nSPS) is 24.1. The highest BCUT2D eigenvalue weighted by Gasteiger charge is 2.28. The smallest absolute Gasteiger partial charge is 0.0918 e. The molecule has 0 aromatic heterocycles. The van der Waals surface area contributed by atoms with E-state index in [9.17, 15) is 0 Å². The lowest BCUT2D eigenvalue weighted by molar-refractivity contribution is 0.600. The Labute approximate surface area is 102 Å². The predicted octanol–water partition coefficient (Wildman–Crippen LogP) is 4.00. The Hall–Kier alpha value is -2.07. The maximum Gasteiger partial charge on any atom is 0.0918 e. The standard InChI is InChI=1S/C16H15N/c1-3-10-16(2)11-8-13(9-12-17)14-6-4-5-7-15(14)16/h3-9,11H,1,10H2,2H3/b13-9+. The lowest BCUT2D eigenvalue weighted by Crippen LogP contribution is -2.22. The van der Waals surface area contributed by atoms with Gasteiger partial charge in [-0.2, -0.15) is 5.26 Å². The van der Waals surface area contributed by atoms with E-state index in [-0.39, 0.29) is 5.41 Å². The third kappa shape index (κ3) is 1.94. The molecule has 0 saturated carbocycles. The van der Waals surface area contributed by atoms with E-state index in [1.165, 1.54) is 5.56 Å². The molecule has 0 amide bonds. The average Bonchev–Trinajstić information content (AvgIpc) is 2.34. The Kier molecular flexibility index (Phi) is 2.97. The molecule has 1 heteroatoms. The van der Waals surface area contributed by atoms with Crippen molar-refractivity contribution in [1.82, 2.24) is 0 Å². The number of rotatable bonds is 2. The van der Waals surface area contributed by atoms with Gasteiger partial charge in [-0.3, -0.25) is 0 Å². The van der Waals surface area contributed by atoms with Crippen molar-refractivity contribution in [2.45, 2.75) is 18.8 Å². The monoisotopic (exact) mass is 221 g/mol. The first kappa shape index (κ1) is 11.4. The summed E-state index contributed by atoms with van der Waals surface area (Å²) in [5.41, 5.74) is 3.40. The highest BCUT2D eigenvalue weighted by molar-refractivity contribution is 5.81. The summed E-state index contributed by atoms with van der Waals surface area (Å²) in [5.74, 6) is 0. The minimum absolute atomic E-state index is 0.00879. The van der Waals surface area contributed by atoms with Crippen molar-refractivity contribution in [2.75, 3.05) is 0 Å². The molecule has 1 unspecified atom stereocenters. The molecule has 1 nitrogen and oxygen atoms in total. The molecule has 1 aliphatic rings. The van der Waals surface area contributed by atoms with Gasteiger partial charge in [-0.1, -0.05) is 49.4 Å². The number of nitriles is 1. The van der Waals surface area contributed by atoms with Crippen molar-refractivity contribution in [3.63, 3.8) is 0 Å². The maximum atomic E-state index is 8.80. The van der Waals surface area contributed by atoms with Gasteiger partial charge >= 0.3 is 0 Å². The molecule has 1 aromatic rings. The Morgan fingerprint density at radius 1 is 1.41 bits per heavy atom. The Bertz CT molecular complexity index is 543. The summed E-state index contributed by atoms with van der Waals surface area (Å²) in [6.07, 6.45) is 8.65. The average molecular weight is 221 g/mol. The first-order valence-electron chi connectivity index (χ1n) is 5.71. The van der Waals surface area contributed by atoms with Crippen LogP contribution in [0.5, 0.6) is 0 Å². The molecule has 2 rings (SSSR count). The topological polar surface area (TPSA) is 23.8 Å². The Morgan fingerprint density at radius 3 is 2.88 bits per heavy atom. The van der Waals surface area contributed by atoms with Gasteiger partial charge in [-0.05, 0) is 23.1 Å². The highest BCUT2D eigenvalue weighted by Crippen LogP contribution is 2.39. The van der Waals surface area contributed by atoms with E-state index in [2.05, 4.69) is 37.8 Å². The van der Waals surface area contributed by atoms with Crippen molar-refractivity contribution in [2.24, 2.45) is 0 Å². The molecule has 0 fully saturated rings. The van der Waals surface area contributed by atoms with E-state index in [1.807, 2.05) is 24.3 Å². The zero-order valence-electron chi connectivity index (χ0n) is 9.98. The summed E-state index contributed by atoms with van der Waals surface area (Å²) in [6.45, 7) is 6.03. The lowest BCUT2D eigenvalue weighted by Gasteiger charge is -2.31. The summed E-state index contributed by atoms with van der Waals surface area (Å²) in [6, 6.07) is 10.4. The highest BCUT2D eigenvalue weighted by atomic mass is 14.3. The van der Waals surface area contributed by atoms with E-state index in [0.29, 0.717) is 0 Å². The quantitative estimate of drug-likeness (QED) is 0.547. The number of hydrogen-bond acceptors (Lipinski definition) is 1. The van der Waals surface area contributed by atoms with Crippen molar-refractivity contribution >= 4 is 5.57 Å². The number of fused-ring (bicyclic) bond motifs is 1. The molecular formula is C16H15N. The predicted molar refractivity (Wildman–Crippen MR) is 71.3 cm³/mol. The summed E-state index contributed by atoms with van der Waals surface area (Å²) in [5, 5.41) is 8.80. The van der Waals surface area contributed by atoms with Gasteiger partial charge in [-0.25, -0.2) is 0 Å². The van der Waals surface area contributed by atoms with Crippen molar-refractivity contribution < 1.29 is 0 Å². The number of nitrogens with zero attached hydrogens (tertiary/aromatic N) is 1.